The van der Waals surface area contributed by atoms with Crippen molar-refractivity contribution >= 4 is 23.2 Å². The number of amides is 1. The van der Waals surface area contributed by atoms with E-state index in [4.69, 9.17) is 25.6 Å². The summed E-state index contributed by atoms with van der Waals surface area (Å²) in [6, 6.07) is 9.03. The first kappa shape index (κ1) is 19.2. The van der Waals surface area contributed by atoms with E-state index in [9.17, 15) is 9.18 Å². The molecule has 2 aromatic carbocycles. The number of hydrogen-bond donors (Lipinski definition) is 1. The molecule has 7 nitrogen and oxygen atoms in total. The number of rotatable bonds is 5. The van der Waals surface area contributed by atoms with Gasteiger partial charge >= 0.3 is 0 Å². The summed E-state index contributed by atoms with van der Waals surface area (Å²) < 4.78 is 29.4. The van der Waals surface area contributed by atoms with Gasteiger partial charge in [-0.1, -0.05) is 16.8 Å². The Hall–Kier alpha value is -3.13. The molecule has 0 saturated carbocycles. The highest BCUT2D eigenvalue weighted by atomic mass is 35.5. The van der Waals surface area contributed by atoms with Crippen LogP contribution >= 0.6 is 11.6 Å². The van der Waals surface area contributed by atoms with E-state index in [1.54, 1.807) is 24.3 Å². The molecule has 1 aliphatic heterocycles. The van der Waals surface area contributed by atoms with Gasteiger partial charge in [0.2, 0.25) is 17.6 Å². The number of halogens is 2. The van der Waals surface area contributed by atoms with Crippen molar-refractivity contribution < 1.29 is 23.2 Å². The van der Waals surface area contributed by atoms with Crippen LogP contribution in [0.1, 0.15) is 18.7 Å². The fraction of sp³-hybridized carbons (Fsp3) is 0.250. The molecule has 0 saturated heterocycles. The molecule has 0 aliphatic carbocycles. The summed E-state index contributed by atoms with van der Waals surface area (Å²) in [6.07, 6.45) is 1.15. The number of nitrogens with one attached hydrogen (secondary N) is 1. The number of aryl methyl sites for hydroxylation is 1. The zero-order valence-corrected chi connectivity index (χ0v) is 16.0. The highest BCUT2D eigenvalue weighted by Gasteiger charge is 2.16. The summed E-state index contributed by atoms with van der Waals surface area (Å²) in [5.74, 6) is 1.15. The topological polar surface area (TPSA) is 86.5 Å². The van der Waals surface area contributed by atoms with Gasteiger partial charge in [0.05, 0.1) is 23.9 Å². The Balaban J connectivity index is 1.37. The molecule has 0 bridgehead atoms. The number of fused-ring (bicyclic) bond motifs is 1. The van der Waals surface area contributed by atoms with Crippen molar-refractivity contribution in [2.75, 3.05) is 18.5 Å². The molecule has 4 rings (SSSR count). The van der Waals surface area contributed by atoms with Gasteiger partial charge in [-0.25, -0.2) is 4.39 Å². The number of benzene rings is 2. The molecular weight excluding hydrogens is 401 g/mol. The van der Waals surface area contributed by atoms with E-state index >= 15 is 0 Å². The Morgan fingerprint density at radius 1 is 1.14 bits per heavy atom. The molecule has 150 valence electrons. The van der Waals surface area contributed by atoms with Crippen LogP contribution in [0.5, 0.6) is 11.5 Å². The number of carbonyl (C=O) groups is 1. The SMILES string of the molecule is O=C(CCc1nc(-c2ccc(F)cc2)no1)Nc1cc2c(cc1Cl)OCCCO2. The molecule has 1 amide bonds. The van der Waals surface area contributed by atoms with Crippen LogP contribution < -0.4 is 14.8 Å². The first-order valence-electron chi connectivity index (χ1n) is 9.06. The molecule has 1 aliphatic rings. The van der Waals surface area contributed by atoms with E-state index in [0.717, 1.165) is 6.42 Å². The number of hydrogen-bond acceptors (Lipinski definition) is 6. The number of anilines is 1. The molecule has 3 aromatic rings. The molecule has 9 heteroatoms. The first-order chi connectivity index (χ1) is 14.1. The standard InChI is InChI=1S/C20H17ClFN3O4/c21-14-10-16-17(28-9-1-8-27-16)11-15(14)23-18(26)6-7-19-24-20(25-29-19)12-2-4-13(22)5-3-12/h2-5,10-11H,1,6-9H2,(H,23,26). The molecule has 0 radical (unpaired) electrons. The molecule has 0 fully saturated rings. The van der Waals surface area contributed by atoms with Crippen molar-refractivity contribution in [3.8, 4) is 22.9 Å². The Bertz CT molecular complexity index is 1020. The number of ether oxygens (including phenoxy) is 2. The summed E-state index contributed by atoms with van der Waals surface area (Å²) in [5, 5.41) is 6.98. The molecule has 0 unspecified atom stereocenters. The third-order valence-electron chi connectivity index (χ3n) is 4.25. The average Bonchev–Trinajstić information content (AvgIpc) is 3.07. The third kappa shape index (κ3) is 4.65. The number of carbonyl (C=O) groups excluding carboxylic acids is 1. The lowest BCUT2D eigenvalue weighted by Crippen LogP contribution is -2.13. The van der Waals surface area contributed by atoms with Crippen molar-refractivity contribution in [1.82, 2.24) is 10.1 Å². The van der Waals surface area contributed by atoms with E-state index in [0.29, 0.717) is 52.7 Å². The van der Waals surface area contributed by atoms with Crippen LogP contribution in [0.25, 0.3) is 11.4 Å². The lowest BCUT2D eigenvalue weighted by atomic mass is 10.2. The van der Waals surface area contributed by atoms with E-state index < -0.39 is 0 Å². The molecule has 1 aromatic heterocycles. The average molecular weight is 418 g/mol. The van der Waals surface area contributed by atoms with Gasteiger partial charge in [-0.15, -0.1) is 0 Å². The van der Waals surface area contributed by atoms with E-state index in [2.05, 4.69) is 15.5 Å². The van der Waals surface area contributed by atoms with Crippen LogP contribution in [0.3, 0.4) is 0 Å². The van der Waals surface area contributed by atoms with Gasteiger partial charge < -0.3 is 19.3 Å². The minimum absolute atomic E-state index is 0.121. The highest BCUT2D eigenvalue weighted by Crippen LogP contribution is 2.37. The van der Waals surface area contributed by atoms with Gasteiger partial charge in [-0.3, -0.25) is 4.79 Å². The molecule has 1 N–H and O–H groups in total. The molecular formula is C20H17ClFN3O4. The fourth-order valence-electron chi connectivity index (χ4n) is 2.79. The maximum absolute atomic E-state index is 13.0. The summed E-state index contributed by atoms with van der Waals surface area (Å²) in [7, 11) is 0. The first-order valence-corrected chi connectivity index (χ1v) is 9.44. The third-order valence-corrected chi connectivity index (χ3v) is 4.56. The molecule has 0 spiro atoms. The number of nitrogens with zero attached hydrogens (tertiary/aromatic N) is 2. The lowest BCUT2D eigenvalue weighted by molar-refractivity contribution is -0.116. The van der Waals surface area contributed by atoms with Crippen molar-refractivity contribution in [1.29, 1.82) is 0 Å². The molecule has 29 heavy (non-hydrogen) atoms. The Labute approximate surface area is 170 Å². The van der Waals surface area contributed by atoms with E-state index in [-0.39, 0.29) is 24.6 Å². The van der Waals surface area contributed by atoms with Crippen LogP contribution in [0.2, 0.25) is 5.02 Å². The second-order valence-electron chi connectivity index (χ2n) is 6.40. The zero-order chi connectivity index (χ0) is 20.2. The van der Waals surface area contributed by atoms with Gasteiger partial charge in [0, 0.05) is 37.0 Å². The molecule has 2 heterocycles. The van der Waals surface area contributed by atoms with Crippen molar-refractivity contribution in [3.63, 3.8) is 0 Å². The smallest absolute Gasteiger partial charge is 0.227 e. The van der Waals surface area contributed by atoms with Gasteiger partial charge in [0.1, 0.15) is 5.82 Å². The minimum atomic E-state index is -0.345. The predicted octanol–water partition coefficient (Wildman–Crippen LogP) is 4.26. The second-order valence-corrected chi connectivity index (χ2v) is 6.80. The number of aromatic nitrogens is 2. The summed E-state index contributed by atoms with van der Waals surface area (Å²) >= 11 is 6.24. The lowest BCUT2D eigenvalue weighted by Gasteiger charge is -2.12. The zero-order valence-electron chi connectivity index (χ0n) is 15.3. The maximum Gasteiger partial charge on any atom is 0.227 e. The Morgan fingerprint density at radius 2 is 1.86 bits per heavy atom. The van der Waals surface area contributed by atoms with Gasteiger partial charge in [-0.2, -0.15) is 4.98 Å². The van der Waals surface area contributed by atoms with Crippen molar-refractivity contribution in [2.45, 2.75) is 19.3 Å². The quantitative estimate of drug-likeness (QED) is 0.667. The second kappa shape index (κ2) is 8.48. The van der Waals surface area contributed by atoms with Crippen LogP contribution in [-0.2, 0) is 11.2 Å². The summed E-state index contributed by atoms with van der Waals surface area (Å²) in [4.78, 5) is 16.5. The minimum Gasteiger partial charge on any atom is -0.490 e. The Kier molecular flexibility index (Phi) is 5.62. The van der Waals surface area contributed by atoms with Crippen LogP contribution in [0.4, 0.5) is 10.1 Å². The maximum atomic E-state index is 13.0. The Morgan fingerprint density at radius 3 is 2.62 bits per heavy atom. The molecule has 0 atom stereocenters. The predicted molar refractivity (Wildman–Crippen MR) is 104 cm³/mol. The summed E-state index contributed by atoms with van der Waals surface area (Å²) in [5.41, 5.74) is 1.07. The van der Waals surface area contributed by atoms with Crippen molar-refractivity contribution in [2.24, 2.45) is 0 Å². The fourth-order valence-corrected chi connectivity index (χ4v) is 2.99. The normalized spacial score (nSPS) is 13.0. The largest absolute Gasteiger partial charge is 0.490 e. The van der Waals surface area contributed by atoms with Gasteiger partial charge in [-0.05, 0) is 24.3 Å². The van der Waals surface area contributed by atoms with Gasteiger partial charge in [0.15, 0.2) is 11.5 Å². The van der Waals surface area contributed by atoms with E-state index in [1.165, 1.54) is 12.1 Å². The van der Waals surface area contributed by atoms with Gasteiger partial charge in [0.25, 0.3) is 0 Å². The summed E-state index contributed by atoms with van der Waals surface area (Å²) in [6.45, 7) is 1.09. The monoisotopic (exact) mass is 417 g/mol. The van der Waals surface area contributed by atoms with Crippen LogP contribution in [0.15, 0.2) is 40.9 Å². The van der Waals surface area contributed by atoms with E-state index in [1.807, 2.05) is 0 Å². The van der Waals surface area contributed by atoms with Crippen LogP contribution in [0, 0.1) is 5.82 Å². The highest BCUT2D eigenvalue weighted by molar-refractivity contribution is 6.34. The van der Waals surface area contributed by atoms with Crippen LogP contribution in [-0.4, -0.2) is 29.3 Å². The van der Waals surface area contributed by atoms with Crippen molar-refractivity contribution in [3.05, 3.63) is 53.1 Å².